The summed E-state index contributed by atoms with van der Waals surface area (Å²) in [6, 6.07) is 7.16. The summed E-state index contributed by atoms with van der Waals surface area (Å²) in [5.74, 6) is -0.222. The maximum absolute atomic E-state index is 11.7. The van der Waals surface area contributed by atoms with Crippen molar-refractivity contribution in [2.45, 2.75) is 13.0 Å². The van der Waals surface area contributed by atoms with Crippen LogP contribution in [-0.2, 0) is 9.59 Å². The second-order valence-electron chi connectivity index (χ2n) is 4.00. The Kier molecular flexibility index (Phi) is 3.33. The molecule has 1 aliphatic heterocycles. The van der Waals surface area contributed by atoms with Crippen molar-refractivity contribution in [3.8, 4) is 0 Å². The van der Waals surface area contributed by atoms with Gasteiger partial charge in [0.15, 0.2) is 0 Å². The molecule has 2 amide bonds. The van der Waals surface area contributed by atoms with Crippen molar-refractivity contribution in [1.29, 1.82) is 0 Å². The largest absolute Gasteiger partial charge is 0.345 e. The van der Waals surface area contributed by atoms with Crippen molar-refractivity contribution in [3.63, 3.8) is 0 Å². The van der Waals surface area contributed by atoms with Crippen LogP contribution in [0.15, 0.2) is 24.3 Å². The Balaban J connectivity index is 2.24. The van der Waals surface area contributed by atoms with E-state index in [0.29, 0.717) is 5.02 Å². The summed E-state index contributed by atoms with van der Waals surface area (Å²) >= 11 is 6.08. The normalized spacial score (nSPS) is 17.9. The average molecular weight is 253 g/mol. The Hall–Kier alpha value is -1.55. The summed E-state index contributed by atoms with van der Waals surface area (Å²) in [5.41, 5.74) is 0.859. The van der Waals surface area contributed by atoms with Gasteiger partial charge in [0, 0.05) is 5.02 Å². The first kappa shape index (κ1) is 11.9. The molecule has 5 heteroatoms. The number of halogens is 1. The number of piperazine rings is 1. The Bertz CT molecular complexity index is 462. The first-order chi connectivity index (χ1) is 8.09. The summed E-state index contributed by atoms with van der Waals surface area (Å²) in [6.07, 6.45) is 0. The quantitative estimate of drug-likeness (QED) is 0.864. The van der Waals surface area contributed by atoms with E-state index in [-0.39, 0.29) is 30.9 Å². The molecule has 0 aromatic heterocycles. The van der Waals surface area contributed by atoms with E-state index in [1.165, 1.54) is 0 Å². The standard InChI is InChI=1S/C12H13ClN2O2/c1-8(9-4-2-3-5-10(9)13)15-7-11(16)14-6-12(15)17/h2-5,8H,6-7H2,1H3,(H,14,16). The molecule has 0 aliphatic carbocycles. The molecule has 17 heavy (non-hydrogen) atoms. The third kappa shape index (κ3) is 2.42. The number of nitrogens with zero attached hydrogens (tertiary/aromatic N) is 1. The van der Waals surface area contributed by atoms with Gasteiger partial charge in [-0.05, 0) is 18.6 Å². The van der Waals surface area contributed by atoms with Gasteiger partial charge >= 0.3 is 0 Å². The smallest absolute Gasteiger partial charge is 0.242 e. The number of rotatable bonds is 2. The SMILES string of the molecule is CC(c1ccccc1Cl)N1CC(=O)NCC1=O. The van der Waals surface area contributed by atoms with Crippen LogP contribution in [0.25, 0.3) is 0 Å². The second kappa shape index (κ2) is 4.75. The Morgan fingerprint density at radius 3 is 2.76 bits per heavy atom. The predicted octanol–water partition coefficient (Wildman–Crippen LogP) is 1.36. The van der Waals surface area contributed by atoms with E-state index in [0.717, 1.165) is 5.56 Å². The van der Waals surface area contributed by atoms with Crippen LogP contribution >= 0.6 is 11.6 Å². The predicted molar refractivity (Wildman–Crippen MR) is 64.6 cm³/mol. The van der Waals surface area contributed by atoms with Gasteiger partial charge < -0.3 is 10.2 Å². The van der Waals surface area contributed by atoms with Gasteiger partial charge in [0.1, 0.15) is 6.54 Å². The zero-order valence-corrected chi connectivity index (χ0v) is 10.2. The van der Waals surface area contributed by atoms with E-state index in [1.807, 2.05) is 25.1 Å². The maximum atomic E-state index is 11.7. The van der Waals surface area contributed by atoms with E-state index >= 15 is 0 Å². The number of hydrogen-bond acceptors (Lipinski definition) is 2. The van der Waals surface area contributed by atoms with Gasteiger partial charge in [0.05, 0.1) is 12.6 Å². The summed E-state index contributed by atoms with van der Waals surface area (Å²) < 4.78 is 0. The summed E-state index contributed by atoms with van der Waals surface area (Å²) in [6.45, 7) is 2.02. The highest BCUT2D eigenvalue weighted by Gasteiger charge is 2.28. The van der Waals surface area contributed by atoms with Crippen LogP contribution in [0.3, 0.4) is 0 Å². The fourth-order valence-electron chi connectivity index (χ4n) is 1.91. The minimum atomic E-state index is -0.192. The van der Waals surface area contributed by atoms with Crippen LogP contribution in [0, 0.1) is 0 Å². The molecule has 1 heterocycles. The molecule has 1 N–H and O–H groups in total. The second-order valence-corrected chi connectivity index (χ2v) is 4.40. The molecule has 1 aliphatic rings. The first-order valence-electron chi connectivity index (χ1n) is 5.40. The molecular weight excluding hydrogens is 240 g/mol. The van der Waals surface area contributed by atoms with Crippen molar-refractivity contribution in [3.05, 3.63) is 34.9 Å². The van der Waals surface area contributed by atoms with Gasteiger partial charge in [-0.1, -0.05) is 29.8 Å². The molecule has 1 saturated heterocycles. The van der Waals surface area contributed by atoms with Crippen LogP contribution < -0.4 is 5.32 Å². The fourth-order valence-corrected chi connectivity index (χ4v) is 2.20. The number of carbonyl (C=O) groups is 2. The van der Waals surface area contributed by atoms with Gasteiger partial charge in [-0.2, -0.15) is 0 Å². The third-order valence-electron chi connectivity index (χ3n) is 2.89. The number of amides is 2. The molecule has 1 aromatic carbocycles. The van der Waals surface area contributed by atoms with Crippen LogP contribution in [0.5, 0.6) is 0 Å². The molecule has 0 radical (unpaired) electrons. The number of hydrogen-bond donors (Lipinski definition) is 1. The van der Waals surface area contributed by atoms with Gasteiger partial charge in [-0.15, -0.1) is 0 Å². The summed E-state index contributed by atoms with van der Waals surface area (Å²) in [4.78, 5) is 24.6. The number of benzene rings is 1. The molecule has 0 spiro atoms. The highest BCUT2D eigenvalue weighted by Crippen LogP contribution is 2.27. The highest BCUT2D eigenvalue weighted by molar-refractivity contribution is 6.31. The van der Waals surface area contributed by atoms with E-state index in [4.69, 9.17) is 11.6 Å². The first-order valence-corrected chi connectivity index (χ1v) is 5.78. The molecule has 0 saturated carbocycles. The lowest BCUT2D eigenvalue weighted by atomic mass is 10.1. The lowest BCUT2D eigenvalue weighted by Crippen LogP contribution is -2.52. The van der Waals surface area contributed by atoms with Crippen molar-refractivity contribution in [1.82, 2.24) is 10.2 Å². The Labute approximate surface area is 105 Å². The lowest BCUT2D eigenvalue weighted by molar-refractivity contribution is -0.142. The van der Waals surface area contributed by atoms with Crippen molar-refractivity contribution in [2.75, 3.05) is 13.1 Å². The molecule has 1 unspecified atom stereocenters. The van der Waals surface area contributed by atoms with Gasteiger partial charge in [-0.25, -0.2) is 0 Å². The number of carbonyl (C=O) groups excluding carboxylic acids is 2. The Morgan fingerprint density at radius 2 is 2.06 bits per heavy atom. The lowest BCUT2D eigenvalue weighted by Gasteiger charge is -2.32. The van der Waals surface area contributed by atoms with Gasteiger partial charge in [0.25, 0.3) is 0 Å². The van der Waals surface area contributed by atoms with Crippen LogP contribution in [-0.4, -0.2) is 29.8 Å². The molecule has 1 fully saturated rings. The van der Waals surface area contributed by atoms with Crippen LogP contribution in [0.1, 0.15) is 18.5 Å². The summed E-state index contributed by atoms with van der Waals surface area (Å²) in [5, 5.41) is 3.13. The molecule has 90 valence electrons. The van der Waals surface area contributed by atoms with E-state index in [2.05, 4.69) is 5.32 Å². The van der Waals surface area contributed by atoms with Gasteiger partial charge in [-0.3, -0.25) is 9.59 Å². The third-order valence-corrected chi connectivity index (χ3v) is 3.24. The molecule has 1 atom stereocenters. The van der Waals surface area contributed by atoms with E-state index in [9.17, 15) is 9.59 Å². The minimum absolute atomic E-state index is 0.0631. The zero-order valence-electron chi connectivity index (χ0n) is 9.44. The average Bonchev–Trinajstić information content (AvgIpc) is 2.32. The molecule has 4 nitrogen and oxygen atoms in total. The topological polar surface area (TPSA) is 49.4 Å². The molecule has 0 bridgehead atoms. The number of nitrogens with one attached hydrogen (secondary N) is 1. The van der Waals surface area contributed by atoms with E-state index < -0.39 is 0 Å². The van der Waals surface area contributed by atoms with Crippen molar-refractivity contribution in [2.24, 2.45) is 0 Å². The highest BCUT2D eigenvalue weighted by atomic mass is 35.5. The Morgan fingerprint density at radius 1 is 1.35 bits per heavy atom. The van der Waals surface area contributed by atoms with Crippen LogP contribution in [0.2, 0.25) is 5.02 Å². The molecule has 2 rings (SSSR count). The maximum Gasteiger partial charge on any atom is 0.242 e. The van der Waals surface area contributed by atoms with Crippen LogP contribution in [0.4, 0.5) is 0 Å². The zero-order chi connectivity index (χ0) is 12.4. The summed E-state index contributed by atoms with van der Waals surface area (Å²) in [7, 11) is 0. The molecular formula is C12H13ClN2O2. The van der Waals surface area contributed by atoms with Gasteiger partial charge in [0.2, 0.25) is 11.8 Å². The van der Waals surface area contributed by atoms with E-state index in [1.54, 1.807) is 11.0 Å². The fraction of sp³-hybridized carbons (Fsp3) is 0.333. The monoisotopic (exact) mass is 252 g/mol. The molecule has 1 aromatic rings. The minimum Gasteiger partial charge on any atom is -0.345 e. The van der Waals surface area contributed by atoms with Crippen molar-refractivity contribution >= 4 is 23.4 Å². The van der Waals surface area contributed by atoms with Crippen molar-refractivity contribution < 1.29 is 9.59 Å².